The molecule has 0 aromatic heterocycles. The first-order chi connectivity index (χ1) is 8.09. The molecular formula is C15H27NO2. The first-order valence-electron chi connectivity index (χ1n) is 7.29. The molecule has 0 heterocycles. The largest absolute Gasteiger partial charge is 0.390 e. The third kappa shape index (κ3) is 1.05. The van der Waals surface area contributed by atoms with Gasteiger partial charge in [-0.2, -0.15) is 0 Å². The number of aliphatic hydroxyl groups excluding tert-OH is 1. The minimum absolute atomic E-state index is 0.0306. The number of hydrogen-bond acceptors (Lipinski definition) is 3. The maximum atomic E-state index is 10.7. The van der Waals surface area contributed by atoms with Crippen molar-refractivity contribution in [1.29, 1.82) is 0 Å². The Hall–Kier alpha value is -0.120. The monoisotopic (exact) mass is 253 g/mol. The van der Waals surface area contributed by atoms with Gasteiger partial charge < -0.3 is 15.9 Å². The first kappa shape index (κ1) is 12.9. The summed E-state index contributed by atoms with van der Waals surface area (Å²) >= 11 is 0. The zero-order valence-electron chi connectivity index (χ0n) is 12.0. The molecule has 4 N–H and O–H groups in total. The van der Waals surface area contributed by atoms with Crippen molar-refractivity contribution in [3.8, 4) is 0 Å². The number of hydrogen-bond donors (Lipinski definition) is 3. The number of aliphatic hydroxyl groups is 2. The third-order valence-electron chi connectivity index (χ3n) is 7.33. The molecule has 0 saturated heterocycles. The summed E-state index contributed by atoms with van der Waals surface area (Å²) in [5.74, 6) is 0.652. The standard InChI is InChI=1S/C15H27NO2/c1-9-5-6-15(16)12(2,3)10-7-14(9,15)8-11(17)13(10,4)18/h9-11,17-18H,5-8,16H2,1-4H3/t9-,10?,11-,13+,14?,15+/m0/s1. The molecule has 3 saturated carbocycles. The van der Waals surface area contributed by atoms with Gasteiger partial charge in [0.25, 0.3) is 0 Å². The van der Waals surface area contributed by atoms with E-state index in [1.165, 1.54) is 0 Å². The van der Waals surface area contributed by atoms with Crippen molar-refractivity contribution in [2.45, 2.75) is 70.6 Å². The van der Waals surface area contributed by atoms with Crippen LogP contribution in [0.3, 0.4) is 0 Å². The molecule has 6 atom stereocenters. The second-order valence-electron chi connectivity index (χ2n) is 7.99. The molecule has 18 heavy (non-hydrogen) atoms. The van der Waals surface area contributed by atoms with Crippen molar-refractivity contribution >= 4 is 0 Å². The van der Waals surface area contributed by atoms with E-state index in [0.29, 0.717) is 12.3 Å². The molecule has 104 valence electrons. The van der Waals surface area contributed by atoms with E-state index >= 15 is 0 Å². The number of fused-ring (bicyclic) bond motifs is 1. The summed E-state index contributed by atoms with van der Waals surface area (Å²) < 4.78 is 0. The van der Waals surface area contributed by atoms with Crippen molar-refractivity contribution < 1.29 is 10.2 Å². The van der Waals surface area contributed by atoms with E-state index in [1.54, 1.807) is 6.92 Å². The van der Waals surface area contributed by atoms with E-state index in [9.17, 15) is 10.2 Å². The SMILES string of the molecule is C[C@H]1CC[C@@]2(N)C(C)(C)C3CC12C[C@H](O)[C@]3(C)O. The Kier molecular flexibility index (Phi) is 2.24. The Morgan fingerprint density at radius 2 is 1.78 bits per heavy atom. The fourth-order valence-corrected chi connectivity index (χ4v) is 5.87. The minimum Gasteiger partial charge on any atom is -0.390 e. The highest BCUT2D eigenvalue weighted by molar-refractivity contribution is 5.28. The number of rotatable bonds is 0. The van der Waals surface area contributed by atoms with Gasteiger partial charge in [0, 0.05) is 5.54 Å². The molecule has 0 aliphatic heterocycles. The molecule has 0 amide bonds. The Labute approximate surface area is 110 Å². The smallest absolute Gasteiger partial charge is 0.0911 e. The zero-order valence-corrected chi connectivity index (χ0v) is 12.0. The number of nitrogens with two attached hydrogens (primary N) is 1. The van der Waals surface area contributed by atoms with Gasteiger partial charge in [-0.25, -0.2) is 0 Å². The molecule has 2 bridgehead atoms. The van der Waals surface area contributed by atoms with Crippen LogP contribution in [-0.4, -0.2) is 27.5 Å². The van der Waals surface area contributed by atoms with Crippen molar-refractivity contribution in [1.82, 2.24) is 0 Å². The summed E-state index contributed by atoms with van der Waals surface area (Å²) in [4.78, 5) is 0. The van der Waals surface area contributed by atoms with E-state index in [1.807, 2.05) is 0 Å². The van der Waals surface area contributed by atoms with Crippen molar-refractivity contribution in [3.05, 3.63) is 0 Å². The predicted molar refractivity (Wildman–Crippen MR) is 70.9 cm³/mol. The summed E-state index contributed by atoms with van der Waals surface area (Å²) in [6, 6.07) is 0. The lowest BCUT2D eigenvalue weighted by Gasteiger charge is -2.48. The molecule has 3 rings (SSSR count). The molecule has 3 aliphatic rings. The highest BCUT2D eigenvalue weighted by atomic mass is 16.3. The lowest BCUT2D eigenvalue weighted by molar-refractivity contribution is -0.153. The summed E-state index contributed by atoms with van der Waals surface area (Å²) in [5, 5.41) is 21.1. The molecule has 1 spiro atoms. The third-order valence-corrected chi connectivity index (χ3v) is 7.33. The molecule has 3 nitrogen and oxygen atoms in total. The predicted octanol–water partition coefficient (Wildman–Crippen LogP) is 1.66. The van der Waals surface area contributed by atoms with Gasteiger partial charge in [0.05, 0.1) is 11.7 Å². The van der Waals surface area contributed by atoms with Crippen molar-refractivity contribution in [3.63, 3.8) is 0 Å². The lowest BCUT2D eigenvalue weighted by atomic mass is 9.61. The van der Waals surface area contributed by atoms with Gasteiger partial charge in [0.15, 0.2) is 0 Å². The highest BCUT2D eigenvalue weighted by Gasteiger charge is 2.76. The summed E-state index contributed by atoms with van der Waals surface area (Å²) in [6.45, 7) is 8.47. The van der Waals surface area contributed by atoms with Crippen molar-refractivity contribution in [2.75, 3.05) is 0 Å². The van der Waals surface area contributed by atoms with Crippen LogP contribution in [-0.2, 0) is 0 Å². The zero-order chi connectivity index (χ0) is 13.6. The van der Waals surface area contributed by atoms with Crippen molar-refractivity contribution in [2.24, 2.45) is 28.4 Å². The van der Waals surface area contributed by atoms with Crippen LogP contribution in [0.1, 0.15) is 53.4 Å². The van der Waals surface area contributed by atoms with Crippen LogP contribution in [0.25, 0.3) is 0 Å². The molecule has 0 aromatic rings. The molecule has 0 aromatic carbocycles. The van der Waals surface area contributed by atoms with Gasteiger partial charge in [-0.05, 0) is 55.3 Å². The second-order valence-corrected chi connectivity index (χ2v) is 7.99. The van der Waals surface area contributed by atoms with Crippen LogP contribution in [0.4, 0.5) is 0 Å². The quantitative estimate of drug-likeness (QED) is 0.615. The van der Waals surface area contributed by atoms with Gasteiger partial charge in [-0.3, -0.25) is 0 Å². The first-order valence-corrected chi connectivity index (χ1v) is 7.29. The highest BCUT2D eigenvalue weighted by Crippen LogP contribution is 2.73. The van der Waals surface area contributed by atoms with E-state index in [4.69, 9.17) is 5.73 Å². The van der Waals surface area contributed by atoms with Crippen LogP contribution in [0, 0.1) is 22.7 Å². The maximum Gasteiger partial charge on any atom is 0.0911 e. The average molecular weight is 253 g/mol. The Balaban J connectivity index is 2.18. The second kappa shape index (κ2) is 3.13. The summed E-state index contributed by atoms with van der Waals surface area (Å²) in [7, 11) is 0. The summed E-state index contributed by atoms with van der Waals surface area (Å²) in [6.07, 6.45) is 3.18. The van der Waals surface area contributed by atoms with Crippen LogP contribution in [0.15, 0.2) is 0 Å². The Morgan fingerprint density at radius 1 is 1.17 bits per heavy atom. The van der Waals surface area contributed by atoms with Gasteiger partial charge in [-0.15, -0.1) is 0 Å². The maximum absolute atomic E-state index is 10.7. The van der Waals surface area contributed by atoms with E-state index in [0.717, 1.165) is 19.3 Å². The fraction of sp³-hybridized carbons (Fsp3) is 1.00. The van der Waals surface area contributed by atoms with E-state index in [2.05, 4.69) is 20.8 Å². The topological polar surface area (TPSA) is 66.5 Å². The van der Waals surface area contributed by atoms with Gasteiger partial charge >= 0.3 is 0 Å². The normalized spacial score (nSPS) is 61.8. The van der Waals surface area contributed by atoms with Gasteiger partial charge in [0.2, 0.25) is 0 Å². The van der Waals surface area contributed by atoms with Crippen LogP contribution >= 0.6 is 0 Å². The van der Waals surface area contributed by atoms with Gasteiger partial charge in [0.1, 0.15) is 0 Å². The molecule has 3 fully saturated rings. The molecule has 2 unspecified atom stereocenters. The van der Waals surface area contributed by atoms with E-state index in [-0.39, 0.29) is 22.3 Å². The lowest BCUT2D eigenvalue weighted by Crippen LogP contribution is -2.57. The average Bonchev–Trinajstić information content (AvgIpc) is 2.58. The van der Waals surface area contributed by atoms with Crippen LogP contribution in [0.2, 0.25) is 0 Å². The fourth-order valence-electron chi connectivity index (χ4n) is 5.87. The molecular weight excluding hydrogens is 226 g/mol. The summed E-state index contributed by atoms with van der Waals surface area (Å²) in [5.41, 5.74) is 5.56. The molecule has 3 heteroatoms. The molecule has 3 aliphatic carbocycles. The van der Waals surface area contributed by atoms with Crippen LogP contribution in [0.5, 0.6) is 0 Å². The molecule has 0 radical (unpaired) electrons. The minimum atomic E-state index is -0.995. The van der Waals surface area contributed by atoms with E-state index < -0.39 is 11.7 Å². The Bertz CT molecular complexity index is 392. The van der Waals surface area contributed by atoms with Gasteiger partial charge in [-0.1, -0.05) is 20.8 Å². The Morgan fingerprint density at radius 3 is 2.39 bits per heavy atom. The van der Waals surface area contributed by atoms with Crippen LogP contribution < -0.4 is 5.73 Å².